The number of nitrogens with zero attached hydrogens (tertiary/aromatic N) is 2. The third-order valence-corrected chi connectivity index (χ3v) is 6.08. The Hall–Kier alpha value is -3.75. The highest BCUT2D eigenvalue weighted by atomic mass is 19.1. The Morgan fingerprint density at radius 2 is 1.91 bits per heavy atom. The van der Waals surface area contributed by atoms with Crippen LogP contribution in [0.5, 0.6) is 0 Å². The minimum absolute atomic E-state index is 0.123. The van der Waals surface area contributed by atoms with Crippen molar-refractivity contribution < 1.29 is 18.7 Å². The third kappa shape index (κ3) is 3.49. The number of pyridine rings is 1. The topological polar surface area (TPSA) is 106 Å². The molecule has 1 saturated heterocycles. The molecule has 2 N–H and O–H groups in total. The van der Waals surface area contributed by atoms with Gasteiger partial charge in [-0.25, -0.2) is 9.18 Å². The predicted molar refractivity (Wildman–Crippen MR) is 116 cm³/mol. The van der Waals surface area contributed by atoms with Crippen LogP contribution in [0.4, 0.5) is 9.18 Å². The number of aromatic amines is 1. The maximum Gasteiger partial charge on any atom is 0.419 e. The average Bonchev–Trinajstić information content (AvgIpc) is 3.34. The van der Waals surface area contributed by atoms with Crippen LogP contribution >= 0.6 is 0 Å². The normalized spacial score (nSPS) is 15.4. The molecule has 1 aromatic carbocycles. The summed E-state index contributed by atoms with van der Waals surface area (Å²) in [6, 6.07) is 6.54. The van der Waals surface area contributed by atoms with Crippen LogP contribution in [0.25, 0.3) is 22.2 Å². The Bertz CT molecular complexity index is 1320. The monoisotopic (exact) mass is 438 g/mol. The number of ether oxygens (including phenoxy) is 1. The summed E-state index contributed by atoms with van der Waals surface area (Å²) in [5.41, 5.74) is 0.867. The number of aromatic nitrogens is 3. The Labute approximate surface area is 183 Å². The van der Waals surface area contributed by atoms with Crippen LogP contribution in [0.2, 0.25) is 0 Å². The number of H-pyrrole nitrogens is 1. The number of fused-ring (bicyclic) bond motifs is 1. The molecule has 166 valence electrons. The van der Waals surface area contributed by atoms with Crippen LogP contribution in [-0.4, -0.2) is 26.8 Å². The van der Waals surface area contributed by atoms with Gasteiger partial charge in [-0.1, -0.05) is 19.9 Å². The number of rotatable bonds is 6. The Kier molecular flexibility index (Phi) is 5.41. The first-order valence-corrected chi connectivity index (χ1v) is 10.5. The first-order valence-electron chi connectivity index (χ1n) is 10.5. The van der Waals surface area contributed by atoms with E-state index in [9.17, 15) is 18.8 Å². The van der Waals surface area contributed by atoms with Crippen molar-refractivity contribution in [2.24, 2.45) is 0 Å². The second-order valence-corrected chi connectivity index (χ2v) is 7.68. The van der Waals surface area contributed by atoms with E-state index in [-0.39, 0.29) is 11.3 Å². The number of halogens is 1. The predicted octanol–water partition coefficient (Wildman–Crippen LogP) is 3.76. The molecule has 0 radical (unpaired) electrons. The fourth-order valence-electron chi connectivity index (χ4n) is 4.16. The van der Waals surface area contributed by atoms with Gasteiger partial charge in [0.2, 0.25) is 0 Å². The van der Waals surface area contributed by atoms with Gasteiger partial charge in [0.15, 0.2) is 5.76 Å². The lowest BCUT2D eigenvalue weighted by Crippen LogP contribution is -2.31. The van der Waals surface area contributed by atoms with Gasteiger partial charge in [-0.3, -0.25) is 19.6 Å². The van der Waals surface area contributed by atoms with Crippen LogP contribution < -0.4 is 10.9 Å². The summed E-state index contributed by atoms with van der Waals surface area (Å²) < 4.78 is 21.3. The molecule has 3 aromatic rings. The largest absolute Gasteiger partial charge is 0.419 e. The number of hydrogen-bond donors (Lipinski definition) is 2. The standard InChI is InChI=1S/C23H23FN4O4/c1-4-23(5-2,11-19-21(30)27-22(31)32-19)15-7-8-17(26-20(15)29)13-9-16(24)14-12-25-28(6-3)18(14)10-13/h7-12H,4-6H2,1-3H3,(H,26,29)(H,27,30,31). The van der Waals surface area contributed by atoms with E-state index >= 15 is 0 Å². The Balaban J connectivity index is 1.80. The summed E-state index contributed by atoms with van der Waals surface area (Å²) in [6.07, 6.45) is 3.17. The number of carbonyl (C=O) groups excluding carboxylic acids is 2. The van der Waals surface area contributed by atoms with Crippen LogP contribution in [0.3, 0.4) is 0 Å². The highest BCUT2D eigenvalue weighted by molar-refractivity contribution is 6.07. The van der Waals surface area contributed by atoms with E-state index in [1.807, 2.05) is 20.8 Å². The van der Waals surface area contributed by atoms with Gasteiger partial charge in [-0.05, 0) is 44.0 Å². The SMILES string of the molecule is CCn1ncc2c(F)cc(-c3ccc(C(C=C4OC(=O)NC4=O)(CC)CC)c(=O)[nH]3)cc21. The maximum absolute atomic E-state index is 14.6. The minimum Gasteiger partial charge on any atom is -0.404 e. The fraction of sp³-hybridized carbons (Fsp3) is 0.304. The summed E-state index contributed by atoms with van der Waals surface area (Å²) in [6.45, 7) is 6.28. The number of alkyl carbamates (subject to hydrolysis) is 1. The number of carbonyl (C=O) groups is 2. The number of benzene rings is 1. The van der Waals surface area contributed by atoms with Gasteiger partial charge in [0, 0.05) is 28.8 Å². The van der Waals surface area contributed by atoms with E-state index in [4.69, 9.17) is 4.74 Å². The van der Waals surface area contributed by atoms with Gasteiger partial charge in [0.25, 0.3) is 11.5 Å². The van der Waals surface area contributed by atoms with Crippen molar-refractivity contribution in [3.63, 3.8) is 0 Å². The minimum atomic E-state index is -0.838. The molecule has 0 saturated carbocycles. The van der Waals surface area contributed by atoms with Gasteiger partial charge < -0.3 is 9.72 Å². The zero-order chi connectivity index (χ0) is 23.0. The Morgan fingerprint density at radius 3 is 2.50 bits per heavy atom. The molecular formula is C23H23FN4O4. The Morgan fingerprint density at radius 1 is 1.16 bits per heavy atom. The van der Waals surface area contributed by atoms with Crippen molar-refractivity contribution in [3.8, 4) is 11.3 Å². The van der Waals surface area contributed by atoms with Crippen molar-refractivity contribution in [2.75, 3.05) is 0 Å². The first-order chi connectivity index (χ1) is 15.3. The summed E-state index contributed by atoms with van der Waals surface area (Å²) in [5.74, 6) is -1.18. The molecule has 0 bridgehead atoms. The zero-order valence-corrected chi connectivity index (χ0v) is 18.0. The molecule has 4 rings (SSSR count). The molecule has 32 heavy (non-hydrogen) atoms. The first kappa shape index (κ1) is 21.5. The highest BCUT2D eigenvalue weighted by Gasteiger charge is 2.35. The van der Waals surface area contributed by atoms with Crippen molar-refractivity contribution in [1.29, 1.82) is 0 Å². The van der Waals surface area contributed by atoms with E-state index in [0.717, 1.165) is 0 Å². The zero-order valence-electron chi connectivity index (χ0n) is 18.0. The van der Waals surface area contributed by atoms with E-state index in [1.54, 1.807) is 22.9 Å². The number of aryl methyl sites for hydroxylation is 1. The molecule has 3 heterocycles. The molecule has 0 aliphatic carbocycles. The molecule has 2 aromatic heterocycles. The smallest absolute Gasteiger partial charge is 0.404 e. The number of cyclic esters (lactones) is 1. The lowest BCUT2D eigenvalue weighted by atomic mass is 9.75. The van der Waals surface area contributed by atoms with Crippen molar-refractivity contribution in [3.05, 3.63) is 64.0 Å². The molecular weight excluding hydrogens is 415 g/mol. The number of nitrogens with one attached hydrogen (secondary N) is 2. The molecule has 0 spiro atoms. The van der Waals surface area contributed by atoms with Crippen LogP contribution in [0.1, 0.15) is 39.2 Å². The average molecular weight is 438 g/mol. The summed E-state index contributed by atoms with van der Waals surface area (Å²) >= 11 is 0. The third-order valence-electron chi connectivity index (χ3n) is 6.08. The maximum atomic E-state index is 14.6. The number of imide groups is 1. The highest BCUT2D eigenvalue weighted by Crippen LogP contribution is 2.34. The number of hydrogen-bond acceptors (Lipinski definition) is 5. The van der Waals surface area contributed by atoms with Crippen molar-refractivity contribution in [1.82, 2.24) is 20.1 Å². The molecule has 9 heteroatoms. The summed E-state index contributed by atoms with van der Waals surface area (Å²) in [4.78, 5) is 39.3. The van der Waals surface area contributed by atoms with Crippen LogP contribution in [0.15, 0.2) is 47.1 Å². The second kappa shape index (κ2) is 8.07. The van der Waals surface area contributed by atoms with E-state index in [0.29, 0.717) is 47.1 Å². The molecule has 1 aliphatic heterocycles. The number of allylic oxidation sites excluding steroid dienone is 1. The van der Waals surface area contributed by atoms with E-state index in [2.05, 4.69) is 15.4 Å². The van der Waals surface area contributed by atoms with Gasteiger partial charge in [0.05, 0.1) is 17.1 Å². The molecule has 1 fully saturated rings. The van der Waals surface area contributed by atoms with Crippen molar-refractivity contribution in [2.45, 2.75) is 45.6 Å². The fourth-order valence-corrected chi connectivity index (χ4v) is 4.16. The molecule has 0 atom stereocenters. The van der Waals surface area contributed by atoms with Gasteiger partial charge in [-0.2, -0.15) is 5.10 Å². The van der Waals surface area contributed by atoms with Gasteiger partial charge in [0.1, 0.15) is 5.82 Å². The lowest BCUT2D eigenvalue weighted by molar-refractivity contribution is -0.116. The second-order valence-electron chi connectivity index (χ2n) is 7.68. The van der Waals surface area contributed by atoms with Gasteiger partial charge in [-0.15, -0.1) is 0 Å². The van der Waals surface area contributed by atoms with E-state index in [1.165, 1.54) is 18.3 Å². The summed E-state index contributed by atoms with van der Waals surface area (Å²) in [5, 5.41) is 6.67. The van der Waals surface area contributed by atoms with Crippen molar-refractivity contribution >= 4 is 22.9 Å². The molecule has 2 amide bonds. The van der Waals surface area contributed by atoms with Crippen LogP contribution in [0, 0.1) is 5.82 Å². The molecule has 8 nitrogen and oxygen atoms in total. The lowest BCUT2D eigenvalue weighted by Gasteiger charge is -2.28. The van der Waals surface area contributed by atoms with Crippen LogP contribution in [-0.2, 0) is 21.5 Å². The summed E-state index contributed by atoms with van der Waals surface area (Å²) in [7, 11) is 0. The van der Waals surface area contributed by atoms with E-state index < -0.39 is 23.2 Å². The van der Waals surface area contributed by atoms with Gasteiger partial charge >= 0.3 is 6.09 Å². The molecule has 0 unspecified atom stereocenters. The molecule has 1 aliphatic rings. The number of amides is 2. The quantitative estimate of drug-likeness (QED) is 0.570.